The van der Waals surface area contributed by atoms with Crippen molar-refractivity contribution in [2.45, 2.75) is 45.8 Å². The third-order valence-corrected chi connectivity index (χ3v) is 5.41. The Morgan fingerprint density at radius 1 is 0.902 bits per heavy atom. The fraction of sp³-hybridized carbons (Fsp3) is 0.321. The van der Waals surface area contributed by atoms with Crippen LogP contribution in [0.5, 0.6) is 0 Å². The van der Waals surface area contributed by atoms with E-state index in [9.17, 15) is 24.0 Å². The number of anilines is 1. The van der Waals surface area contributed by atoms with Crippen molar-refractivity contribution in [1.82, 2.24) is 21.2 Å². The number of benzene rings is 2. The van der Waals surface area contributed by atoms with Gasteiger partial charge in [-0.2, -0.15) is 0 Å². The Hall–Kier alpha value is -5.07. The normalized spacial score (nSPS) is 11.6. The van der Waals surface area contributed by atoms with E-state index in [1.165, 1.54) is 24.3 Å². The number of alkyl carbamates (subject to hydrolysis) is 1. The molecule has 0 saturated heterocycles. The number of aromatic amines is 1. The minimum absolute atomic E-state index is 0.0865. The lowest BCUT2D eigenvalue weighted by Crippen LogP contribution is -2.54. The Balaban J connectivity index is 1.53. The molecule has 5 N–H and O–H groups in total. The zero-order chi connectivity index (χ0) is 30.0. The summed E-state index contributed by atoms with van der Waals surface area (Å²) in [5.41, 5.74) is 5.76. The van der Waals surface area contributed by atoms with Gasteiger partial charge in [0.25, 0.3) is 11.8 Å². The van der Waals surface area contributed by atoms with E-state index in [2.05, 4.69) is 26.5 Å². The molecule has 4 amide bonds. The van der Waals surface area contributed by atoms with Crippen molar-refractivity contribution in [2.75, 3.05) is 18.5 Å². The highest BCUT2D eigenvalue weighted by molar-refractivity contribution is 5.94. The van der Waals surface area contributed by atoms with Crippen LogP contribution in [-0.2, 0) is 30.2 Å². The predicted octanol–water partition coefficient (Wildman–Crippen LogP) is 3.18. The summed E-state index contributed by atoms with van der Waals surface area (Å²) < 4.78 is 15.0. The molecule has 1 heterocycles. The van der Waals surface area contributed by atoms with Crippen molar-refractivity contribution in [2.24, 2.45) is 0 Å². The summed E-state index contributed by atoms with van der Waals surface area (Å²) in [5, 5.41) is 5.90. The fourth-order valence-electron chi connectivity index (χ4n) is 3.65. The molecule has 0 fully saturated rings. The number of ether oxygens (including phenoxy) is 3. The van der Waals surface area contributed by atoms with Crippen LogP contribution in [-0.4, -0.2) is 59.8 Å². The first-order chi connectivity index (χ1) is 19.4. The number of esters is 1. The van der Waals surface area contributed by atoms with Crippen LogP contribution in [0, 0.1) is 0 Å². The Kier molecular flexibility index (Phi) is 10.3. The van der Waals surface area contributed by atoms with Gasteiger partial charge in [-0.05, 0) is 63.6 Å². The molecule has 13 heteroatoms. The average Bonchev–Trinajstić information content (AvgIpc) is 3.32. The van der Waals surface area contributed by atoms with Crippen LogP contribution in [0.2, 0.25) is 0 Å². The molecule has 0 radical (unpaired) electrons. The van der Waals surface area contributed by atoms with E-state index in [0.29, 0.717) is 11.3 Å². The van der Waals surface area contributed by atoms with Gasteiger partial charge in [-0.15, -0.1) is 0 Å². The van der Waals surface area contributed by atoms with Crippen molar-refractivity contribution < 1.29 is 38.2 Å². The number of hydrogen-bond donors (Lipinski definition) is 5. The summed E-state index contributed by atoms with van der Waals surface area (Å²) in [5.74, 6) is -1.89. The molecule has 0 aliphatic carbocycles. The molecule has 0 aliphatic rings. The predicted molar refractivity (Wildman–Crippen MR) is 149 cm³/mol. The van der Waals surface area contributed by atoms with E-state index < -0.39 is 48.2 Å². The van der Waals surface area contributed by atoms with Crippen LogP contribution in [0.3, 0.4) is 0 Å². The number of nitrogens with one attached hydrogen (secondary N) is 5. The van der Waals surface area contributed by atoms with E-state index in [1.807, 2.05) is 24.3 Å². The summed E-state index contributed by atoms with van der Waals surface area (Å²) in [6.07, 6.45) is -0.100. The molecule has 0 saturated carbocycles. The number of amides is 4. The zero-order valence-corrected chi connectivity index (χ0v) is 23.2. The molecule has 0 bridgehead atoms. The molecular formula is C28H33N5O8. The Bertz CT molecular complexity index is 1390. The topological polar surface area (TPSA) is 177 Å². The Morgan fingerprint density at radius 2 is 1.61 bits per heavy atom. The summed E-state index contributed by atoms with van der Waals surface area (Å²) in [7, 11) is 0. The van der Waals surface area contributed by atoms with E-state index in [-0.39, 0.29) is 13.0 Å². The quantitative estimate of drug-likeness (QED) is 0.149. The zero-order valence-electron chi connectivity index (χ0n) is 23.2. The van der Waals surface area contributed by atoms with Gasteiger partial charge in [0.2, 0.25) is 0 Å². The van der Waals surface area contributed by atoms with Crippen molar-refractivity contribution in [1.29, 1.82) is 0 Å². The number of aromatic nitrogens is 1. The summed E-state index contributed by atoms with van der Waals surface area (Å²) in [6, 6.07) is 12.3. The smallest absolute Gasteiger partial charge is 0.426 e. The van der Waals surface area contributed by atoms with Gasteiger partial charge in [0, 0.05) is 29.2 Å². The number of carbonyl (C=O) groups is 5. The maximum absolute atomic E-state index is 12.9. The lowest BCUT2D eigenvalue weighted by molar-refractivity contribution is -0.124. The van der Waals surface area contributed by atoms with Crippen LogP contribution in [0.4, 0.5) is 15.3 Å². The van der Waals surface area contributed by atoms with Crippen LogP contribution < -0.4 is 21.5 Å². The number of para-hydroxylation sites is 1. The highest BCUT2D eigenvalue weighted by Gasteiger charge is 2.26. The Morgan fingerprint density at radius 3 is 2.29 bits per heavy atom. The van der Waals surface area contributed by atoms with Crippen LogP contribution in [0.1, 0.15) is 43.6 Å². The molecule has 2 aromatic carbocycles. The number of H-pyrrole nitrogens is 1. The minimum Gasteiger partial charge on any atom is -0.462 e. The number of hydrazine groups is 1. The number of rotatable bonds is 9. The standard InChI is InChI=1S/C28H33N5O8/c1-5-39-25(36)17-10-12-19(13-11-17)30-23(34)16-40-27(38)33-32-24(35)22(31-26(37)41-28(2,3)4)14-18-15-29-21-9-7-6-8-20(18)21/h6-13,15,22,29H,5,14,16H2,1-4H3,(H,30,34)(H,31,37)(H,32,35)(H,33,38)/t22-/m1/s1. The van der Waals surface area contributed by atoms with Gasteiger partial charge in [0.1, 0.15) is 11.6 Å². The average molecular weight is 568 g/mol. The number of hydrogen-bond acceptors (Lipinski definition) is 8. The van der Waals surface area contributed by atoms with E-state index in [4.69, 9.17) is 14.2 Å². The van der Waals surface area contributed by atoms with Gasteiger partial charge in [0.05, 0.1) is 12.2 Å². The lowest BCUT2D eigenvalue weighted by atomic mass is 10.0. The molecule has 1 atom stereocenters. The monoisotopic (exact) mass is 567 g/mol. The molecule has 41 heavy (non-hydrogen) atoms. The van der Waals surface area contributed by atoms with Gasteiger partial charge in [0.15, 0.2) is 6.61 Å². The summed E-state index contributed by atoms with van der Waals surface area (Å²) in [6.45, 7) is 6.34. The van der Waals surface area contributed by atoms with Gasteiger partial charge < -0.3 is 29.8 Å². The van der Waals surface area contributed by atoms with Gasteiger partial charge in [-0.1, -0.05) is 18.2 Å². The minimum atomic E-state index is -1.12. The molecule has 218 valence electrons. The van der Waals surface area contributed by atoms with Crippen LogP contribution in [0.15, 0.2) is 54.7 Å². The third kappa shape index (κ3) is 9.56. The molecule has 3 rings (SSSR count). The van der Waals surface area contributed by atoms with Crippen LogP contribution in [0.25, 0.3) is 10.9 Å². The molecular weight excluding hydrogens is 534 g/mol. The molecule has 0 aliphatic heterocycles. The van der Waals surface area contributed by atoms with Crippen molar-refractivity contribution in [3.8, 4) is 0 Å². The first-order valence-corrected chi connectivity index (χ1v) is 12.8. The molecule has 0 spiro atoms. The van der Waals surface area contributed by atoms with Crippen molar-refractivity contribution in [3.63, 3.8) is 0 Å². The molecule has 13 nitrogen and oxygen atoms in total. The Labute approximate surface area is 236 Å². The highest BCUT2D eigenvalue weighted by atomic mass is 16.6. The largest absolute Gasteiger partial charge is 0.462 e. The SMILES string of the molecule is CCOC(=O)c1ccc(NC(=O)COC(=O)NNC(=O)[C@@H](Cc2c[nH]c3ccccc23)NC(=O)OC(C)(C)C)cc1. The third-order valence-electron chi connectivity index (χ3n) is 5.41. The maximum atomic E-state index is 12.9. The second-order valence-corrected chi connectivity index (χ2v) is 9.80. The maximum Gasteiger partial charge on any atom is 0.426 e. The van der Waals surface area contributed by atoms with E-state index in [0.717, 1.165) is 16.5 Å². The summed E-state index contributed by atoms with van der Waals surface area (Å²) in [4.78, 5) is 64.4. The fourth-order valence-corrected chi connectivity index (χ4v) is 3.65. The van der Waals surface area contributed by atoms with Gasteiger partial charge in [-0.25, -0.2) is 19.8 Å². The van der Waals surface area contributed by atoms with E-state index in [1.54, 1.807) is 33.9 Å². The second-order valence-electron chi connectivity index (χ2n) is 9.80. The number of carbonyl (C=O) groups excluding carboxylic acids is 5. The molecule has 3 aromatic rings. The van der Waals surface area contributed by atoms with Crippen molar-refractivity contribution in [3.05, 3.63) is 65.9 Å². The summed E-state index contributed by atoms with van der Waals surface area (Å²) >= 11 is 0. The van der Waals surface area contributed by atoms with Crippen molar-refractivity contribution >= 4 is 46.6 Å². The molecule has 1 aromatic heterocycles. The number of fused-ring (bicyclic) bond motifs is 1. The first-order valence-electron chi connectivity index (χ1n) is 12.8. The highest BCUT2D eigenvalue weighted by Crippen LogP contribution is 2.19. The van der Waals surface area contributed by atoms with Gasteiger partial charge in [-0.3, -0.25) is 15.0 Å². The van der Waals surface area contributed by atoms with Crippen LogP contribution >= 0.6 is 0 Å². The van der Waals surface area contributed by atoms with E-state index >= 15 is 0 Å². The molecule has 0 unspecified atom stereocenters. The first kappa shape index (κ1) is 30.5. The van der Waals surface area contributed by atoms with Gasteiger partial charge >= 0.3 is 18.2 Å². The lowest BCUT2D eigenvalue weighted by Gasteiger charge is -2.23. The second kappa shape index (κ2) is 13.8.